The van der Waals surface area contributed by atoms with E-state index in [9.17, 15) is 4.79 Å². The van der Waals surface area contributed by atoms with Crippen molar-refractivity contribution in [1.29, 1.82) is 0 Å². The van der Waals surface area contributed by atoms with Crippen LogP contribution < -0.4 is 10.2 Å². The molecule has 3 nitrogen and oxygen atoms in total. The van der Waals surface area contributed by atoms with Gasteiger partial charge in [-0.25, -0.2) is 0 Å². The zero-order valence-electron chi connectivity index (χ0n) is 12.5. The molecule has 0 aliphatic carbocycles. The summed E-state index contributed by atoms with van der Waals surface area (Å²) >= 11 is 0. The Kier molecular flexibility index (Phi) is 3.08. The summed E-state index contributed by atoms with van der Waals surface area (Å²) in [4.78, 5) is 12.6. The average Bonchev–Trinajstić information content (AvgIpc) is 2.41. The Morgan fingerprint density at radius 3 is 2.65 bits per heavy atom. The molecule has 0 N–H and O–H groups in total. The second-order valence-corrected chi connectivity index (χ2v) is 6.25. The van der Waals surface area contributed by atoms with Gasteiger partial charge in [-0.1, -0.05) is 33.8 Å². The molecule has 20 heavy (non-hydrogen) atoms. The van der Waals surface area contributed by atoms with E-state index in [0.29, 0.717) is 12.5 Å². The Morgan fingerprint density at radius 2 is 2.00 bits per heavy atom. The number of rotatable bonds is 2. The van der Waals surface area contributed by atoms with Gasteiger partial charge >= 0.3 is 0 Å². The molecule has 1 aromatic heterocycles. The van der Waals surface area contributed by atoms with Gasteiger partial charge in [0, 0.05) is 17.1 Å². The van der Waals surface area contributed by atoms with Gasteiger partial charge in [-0.2, -0.15) is 0 Å². The fourth-order valence-electron chi connectivity index (χ4n) is 2.96. The quantitative estimate of drug-likeness (QED) is 0.833. The molecule has 1 atom stereocenters. The van der Waals surface area contributed by atoms with Crippen molar-refractivity contribution in [2.24, 2.45) is 5.92 Å². The Hall–Kier alpha value is -1.77. The Morgan fingerprint density at radius 1 is 1.25 bits per heavy atom. The largest absolute Gasteiger partial charge is 0.489 e. The van der Waals surface area contributed by atoms with Crippen LogP contribution in [-0.4, -0.2) is 11.2 Å². The molecule has 3 heteroatoms. The summed E-state index contributed by atoms with van der Waals surface area (Å²) in [6.45, 7) is 9.21. The fourth-order valence-corrected chi connectivity index (χ4v) is 2.96. The molecule has 0 radical (unpaired) electrons. The highest BCUT2D eigenvalue weighted by atomic mass is 16.5. The van der Waals surface area contributed by atoms with E-state index in [1.54, 1.807) is 0 Å². The van der Waals surface area contributed by atoms with E-state index in [0.717, 1.165) is 22.2 Å². The number of nitrogens with zero attached hydrogens (tertiary/aromatic N) is 1. The predicted molar refractivity (Wildman–Crippen MR) is 81.7 cm³/mol. The van der Waals surface area contributed by atoms with E-state index in [-0.39, 0.29) is 17.4 Å². The summed E-state index contributed by atoms with van der Waals surface area (Å²) in [6.07, 6.45) is 2.05. The summed E-state index contributed by atoms with van der Waals surface area (Å²) in [7, 11) is 0. The van der Waals surface area contributed by atoms with Crippen molar-refractivity contribution in [3.63, 3.8) is 0 Å². The number of hydrogen-bond acceptors (Lipinski definition) is 2. The first kappa shape index (κ1) is 13.2. The number of hydrogen-bond donors (Lipinski definition) is 0. The average molecular weight is 271 g/mol. The van der Waals surface area contributed by atoms with Gasteiger partial charge in [0.2, 0.25) is 0 Å². The summed E-state index contributed by atoms with van der Waals surface area (Å²) in [6, 6.07) is 6.05. The first-order valence-corrected chi connectivity index (χ1v) is 7.31. The molecule has 0 bridgehead atoms. The molecule has 1 aromatic carbocycles. The van der Waals surface area contributed by atoms with E-state index in [2.05, 4.69) is 32.3 Å². The molecule has 3 rings (SSSR count). The Bertz CT molecular complexity index is 713. The summed E-state index contributed by atoms with van der Waals surface area (Å²) < 4.78 is 8.12. The van der Waals surface area contributed by atoms with Crippen LogP contribution in [0.4, 0.5) is 0 Å². The van der Waals surface area contributed by atoms with Crippen LogP contribution in [0.3, 0.4) is 0 Å². The lowest BCUT2D eigenvalue weighted by Crippen LogP contribution is -2.29. The highest BCUT2D eigenvalue weighted by molar-refractivity contribution is 5.86. The zero-order valence-corrected chi connectivity index (χ0v) is 12.5. The van der Waals surface area contributed by atoms with Crippen LogP contribution in [0.25, 0.3) is 10.9 Å². The maximum Gasteiger partial charge on any atom is 0.192 e. The topological polar surface area (TPSA) is 31.2 Å². The molecule has 106 valence electrons. The van der Waals surface area contributed by atoms with Gasteiger partial charge in [0.05, 0.1) is 11.6 Å². The number of ether oxygens (including phenoxy) is 1. The molecule has 2 heterocycles. The minimum Gasteiger partial charge on any atom is -0.489 e. The molecule has 0 saturated carbocycles. The number of pyridine rings is 1. The maximum atomic E-state index is 12.6. The van der Waals surface area contributed by atoms with Crippen molar-refractivity contribution < 1.29 is 4.74 Å². The van der Waals surface area contributed by atoms with Gasteiger partial charge in [-0.3, -0.25) is 4.79 Å². The second kappa shape index (κ2) is 4.65. The third-order valence-corrected chi connectivity index (χ3v) is 4.20. The van der Waals surface area contributed by atoms with Gasteiger partial charge in [0.1, 0.15) is 12.4 Å². The third kappa shape index (κ3) is 1.84. The van der Waals surface area contributed by atoms with Crippen LogP contribution in [0.1, 0.15) is 45.2 Å². The van der Waals surface area contributed by atoms with Crippen LogP contribution in [0.2, 0.25) is 0 Å². The van der Waals surface area contributed by atoms with Crippen LogP contribution in [0.5, 0.6) is 5.75 Å². The lowest BCUT2D eigenvalue weighted by Gasteiger charge is -2.32. The van der Waals surface area contributed by atoms with Crippen LogP contribution >= 0.6 is 0 Å². The normalized spacial score (nSPS) is 17.8. The minimum atomic E-state index is 0.140. The van der Waals surface area contributed by atoms with Crippen LogP contribution in [0.15, 0.2) is 29.2 Å². The maximum absolute atomic E-state index is 12.6. The lowest BCUT2D eigenvalue weighted by atomic mass is 9.98. The van der Waals surface area contributed by atoms with Gasteiger partial charge in [-0.05, 0) is 24.0 Å². The first-order valence-electron chi connectivity index (χ1n) is 7.31. The van der Waals surface area contributed by atoms with Crippen LogP contribution in [0, 0.1) is 5.92 Å². The number of aromatic nitrogens is 1. The fraction of sp³-hybridized carbons (Fsp3) is 0.471. The van der Waals surface area contributed by atoms with Gasteiger partial charge in [-0.15, -0.1) is 0 Å². The van der Waals surface area contributed by atoms with E-state index in [1.165, 1.54) is 0 Å². The predicted octanol–water partition coefficient (Wildman–Crippen LogP) is 3.71. The first-order chi connectivity index (χ1) is 9.50. The number of para-hydroxylation sites is 1. The van der Waals surface area contributed by atoms with Gasteiger partial charge < -0.3 is 9.30 Å². The summed E-state index contributed by atoms with van der Waals surface area (Å²) in [5.74, 6) is 1.52. The van der Waals surface area contributed by atoms with E-state index >= 15 is 0 Å². The molecule has 1 unspecified atom stereocenters. The van der Waals surface area contributed by atoms with Crippen LogP contribution in [-0.2, 0) is 0 Å². The van der Waals surface area contributed by atoms with Crippen molar-refractivity contribution in [3.8, 4) is 5.75 Å². The minimum absolute atomic E-state index is 0.140. The molecule has 2 aromatic rings. The molecule has 1 aliphatic heterocycles. The highest BCUT2D eigenvalue weighted by Gasteiger charge is 2.26. The smallest absolute Gasteiger partial charge is 0.192 e. The Labute approximate surface area is 119 Å². The molecule has 1 aliphatic rings. The Balaban J connectivity index is 2.41. The van der Waals surface area contributed by atoms with Crippen molar-refractivity contribution in [2.75, 3.05) is 6.61 Å². The number of benzene rings is 1. The molecule has 0 fully saturated rings. The van der Waals surface area contributed by atoms with Crippen molar-refractivity contribution >= 4 is 10.9 Å². The standard InChI is InChI=1S/C17H21NO2/c1-10(2)13-8-18-14(11(3)4)9-20-15-7-5-6-12(16(15)18)17(13)19/h5-8,10-11,14H,9H2,1-4H3. The molecule has 0 spiro atoms. The van der Waals surface area contributed by atoms with Crippen molar-refractivity contribution in [3.05, 3.63) is 40.2 Å². The zero-order chi connectivity index (χ0) is 14.4. The van der Waals surface area contributed by atoms with Crippen molar-refractivity contribution in [2.45, 2.75) is 39.7 Å². The van der Waals surface area contributed by atoms with Gasteiger partial charge in [0.15, 0.2) is 5.43 Å². The third-order valence-electron chi connectivity index (χ3n) is 4.20. The molecule has 0 saturated heterocycles. The van der Waals surface area contributed by atoms with Gasteiger partial charge in [0.25, 0.3) is 0 Å². The highest BCUT2D eigenvalue weighted by Crippen LogP contribution is 2.34. The van der Waals surface area contributed by atoms with Crippen molar-refractivity contribution in [1.82, 2.24) is 4.57 Å². The SMILES string of the molecule is CC(C)c1cn2c3c(cccc3c1=O)OCC2C(C)C. The van der Waals surface area contributed by atoms with E-state index in [4.69, 9.17) is 4.74 Å². The van der Waals surface area contributed by atoms with E-state index < -0.39 is 0 Å². The monoisotopic (exact) mass is 271 g/mol. The van der Waals surface area contributed by atoms with E-state index in [1.807, 2.05) is 24.4 Å². The molecular weight excluding hydrogens is 250 g/mol. The molecule has 0 amide bonds. The summed E-state index contributed by atoms with van der Waals surface area (Å²) in [5, 5.41) is 0.777. The lowest BCUT2D eigenvalue weighted by molar-refractivity contribution is 0.199. The molecular formula is C17H21NO2. The second-order valence-electron chi connectivity index (χ2n) is 6.25. The summed E-state index contributed by atoms with van der Waals surface area (Å²) in [5.41, 5.74) is 1.98.